The van der Waals surface area contributed by atoms with Crippen molar-refractivity contribution in [1.82, 2.24) is 29.9 Å². The Morgan fingerprint density at radius 3 is 2.69 bits per heavy atom. The van der Waals surface area contributed by atoms with Gasteiger partial charge in [-0.05, 0) is 48.9 Å². The Hall–Kier alpha value is -4.87. The van der Waals surface area contributed by atoms with Crippen LogP contribution < -0.4 is 10.6 Å². The van der Waals surface area contributed by atoms with Crippen LogP contribution in [-0.2, 0) is 6.18 Å². The number of nitrogens with zero attached hydrogens (tertiary/aromatic N) is 5. The lowest BCUT2D eigenvalue weighted by atomic mass is 10.1. The largest absolute Gasteiger partial charge is 0.433 e. The number of H-pyrrole nitrogens is 1. The Kier molecular flexibility index (Phi) is 5.76. The molecule has 0 radical (unpaired) electrons. The van der Waals surface area contributed by atoms with Crippen molar-refractivity contribution in [2.75, 3.05) is 10.6 Å². The van der Waals surface area contributed by atoms with E-state index in [1.54, 1.807) is 30.5 Å². The molecule has 0 saturated heterocycles. The van der Waals surface area contributed by atoms with Crippen molar-refractivity contribution in [3.63, 3.8) is 0 Å². The van der Waals surface area contributed by atoms with Gasteiger partial charge in [0.2, 0.25) is 0 Å². The molecule has 36 heavy (non-hydrogen) atoms. The number of aryl methyl sites for hydroxylation is 1. The van der Waals surface area contributed by atoms with Crippen LogP contribution in [-0.4, -0.2) is 35.8 Å². The fourth-order valence-electron chi connectivity index (χ4n) is 3.56. The average Bonchev–Trinajstić information content (AvgIpc) is 3.35. The van der Waals surface area contributed by atoms with Crippen LogP contribution in [0.15, 0.2) is 67.5 Å². The first kappa shape index (κ1) is 22.9. The third kappa shape index (κ3) is 4.56. The van der Waals surface area contributed by atoms with E-state index < -0.39 is 17.8 Å². The standard InChI is InChI=1S/C24H17F3N8O.3H2/c1-13-4-5-14(23(36)34-15-6-8-28-18(10-15)24(25,26)27)9-17(13)35-21-16(3-2-7-29-21)19-20-22(32-11-30-19)33-12-31-20;;;/h2-12H,1H3,(H,29,35)(H,28,34,36)(H,30,31,32,33);3*1H. The number of rotatable bonds is 5. The summed E-state index contributed by atoms with van der Waals surface area (Å²) in [5, 5.41) is 5.73. The van der Waals surface area contributed by atoms with Gasteiger partial charge in [-0.3, -0.25) is 9.78 Å². The fourth-order valence-corrected chi connectivity index (χ4v) is 3.56. The smallest absolute Gasteiger partial charge is 0.341 e. The maximum Gasteiger partial charge on any atom is 0.433 e. The average molecular weight is 496 g/mol. The van der Waals surface area contributed by atoms with Gasteiger partial charge < -0.3 is 15.6 Å². The maximum absolute atomic E-state index is 13.0. The van der Waals surface area contributed by atoms with E-state index >= 15 is 0 Å². The second-order valence-electron chi connectivity index (χ2n) is 7.76. The number of hydrogen-bond acceptors (Lipinski definition) is 7. The molecule has 4 heterocycles. The molecule has 5 aromatic rings. The summed E-state index contributed by atoms with van der Waals surface area (Å²) in [5.74, 6) is -0.0923. The summed E-state index contributed by atoms with van der Waals surface area (Å²) in [6.07, 6.45) is 0.930. The Labute approximate surface area is 206 Å². The van der Waals surface area contributed by atoms with Gasteiger partial charge in [0.25, 0.3) is 5.91 Å². The first-order valence-electron chi connectivity index (χ1n) is 10.6. The highest BCUT2D eigenvalue weighted by atomic mass is 19.4. The van der Waals surface area contributed by atoms with Gasteiger partial charge in [0, 0.05) is 39.2 Å². The molecule has 3 N–H and O–H groups in total. The van der Waals surface area contributed by atoms with E-state index in [-0.39, 0.29) is 15.5 Å². The molecule has 0 aliphatic heterocycles. The molecule has 1 aromatic carbocycles. The van der Waals surface area contributed by atoms with Crippen molar-refractivity contribution in [3.8, 4) is 11.3 Å². The van der Waals surface area contributed by atoms with Gasteiger partial charge in [0.05, 0.1) is 6.33 Å². The number of anilines is 3. The molecule has 0 aliphatic rings. The zero-order valence-corrected chi connectivity index (χ0v) is 18.6. The highest BCUT2D eigenvalue weighted by Gasteiger charge is 2.32. The Bertz CT molecular complexity index is 1600. The Morgan fingerprint density at radius 2 is 1.86 bits per heavy atom. The molecule has 5 rings (SSSR count). The van der Waals surface area contributed by atoms with Crippen LogP contribution in [0.3, 0.4) is 0 Å². The number of hydrogen-bond donors (Lipinski definition) is 3. The highest BCUT2D eigenvalue weighted by Crippen LogP contribution is 2.32. The van der Waals surface area contributed by atoms with Crippen molar-refractivity contribution in [2.24, 2.45) is 0 Å². The summed E-state index contributed by atoms with van der Waals surface area (Å²) >= 11 is 0. The predicted molar refractivity (Wildman–Crippen MR) is 133 cm³/mol. The van der Waals surface area contributed by atoms with Gasteiger partial charge in [-0.25, -0.2) is 19.9 Å². The number of aromatic amines is 1. The number of benzene rings is 1. The summed E-state index contributed by atoms with van der Waals surface area (Å²) in [6, 6.07) is 10.6. The minimum absolute atomic E-state index is 0. The zero-order chi connectivity index (χ0) is 25.3. The number of carbonyl (C=O) groups excluding carboxylic acids is 1. The van der Waals surface area contributed by atoms with E-state index in [1.807, 2.05) is 13.0 Å². The normalized spacial score (nSPS) is 11.4. The molecule has 12 heteroatoms. The van der Waals surface area contributed by atoms with E-state index in [0.717, 1.165) is 17.8 Å². The van der Waals surface area contributed by atoms with Gasteiger partial charge >= 0.3 is 6.18 Å². The molecule has 9 nitrogen and oxygen atoms in total. The van der Waals surface area contributed by atoms with Crippen LogP contribution in [0.1, 0.15) is 25.9 Å². The molecule has 186 valence electrons. The van der Waals surface area contributed by atoms with Gasteiger partial charge in [-0.1, -0.05) is 6.07 Å². The van der Waals surface area contributed by atoms with Crippen LogP contribution in [0, 0.1) is 6.92 Å². The summed E-state index contributed by atoms with van der Waals surface area (Å²) in [5.41, 5.74) is 2.97. The molecule has 1 amide bonds. The number of pyridine rings is 2. The number of halogens is 3. The summed E-state index contributed by atoms with van der Waals surface area (Å²) in [7, 11) is 0. The molecule has 0 unspecified atom stereocenters. The van der Waals surface area contributed by atoms with Gasteiger partial charge in [-0.15, -0.1) is 0 Å². The van der Waals surface area contributed by atoms with E-state index in [2.05, 4.69) is 40.5 Å². The number of alkyl halides is 3. The lowest BCUT2D eigenvalue weighted by Crippen LogP contribution is -2.14. The van der Waals surface area contributed by atoms with Crippen molar-refractivity contribution in [2.45, 2.75) is 13.1 Å². The van der Waals surface area contributed by atoms with Crippen LogP contribution in [0.5, 0.6) is 0 Å². The number of fused-ring (bicyclic) bond motifs is 1. The van der Waals surface area contributed by atoms with Crippen molar-refractivity contribution >= 4 is 34.3 Å². The number of amides is 1. The Morgan fingerprint density at radius 1 is 1.00 bits per heavy atom. The van der Waals surface area contributed by atoms with Gasteiger partial charge in [0.15, 0.2) is 5.65 Å². The van der Waals surface area contributed by atoms with E-state index in [0.29, 0.717) is 33.9 Å². The SMILES string of the molecule is Cc1ccc(C(=O)Nc2ccnc(C(F)(F)F)c2)cc1Nc1ncccc1-c1ncnc2nc[nH]c12.[HH].[HH].[HH]. The van der Waals surface area contributed by atoms with Gasteiger partial charge in [-0.2, -0.15) is 13.2 Å². The predicted octanol–water partition coefficient (Wildman–Crippen LogP) is 5.87. The van der Waals surface area contributed by atoms with Crippen LogP contribution in [0.25, 0.3) is 22.4 Å². The minimum atomic E-state index is -4.62. The molecule has 0 spiro atoms. The molecular weight excluding hydrogens is 473 g/mol. The van der Waals surface area contributed by atoms with Crippen LogP contribution >= 0.6 is 0 Å². The molecule has 0 fully saturated rings. The molecule has 4 aromatic heterocycles. The third-order valence-corrected chi connectivity index (χ3v) is 5.35. The number of carbonyl (C=O) groups is 1. The molecule has 0 saturated carbocycles. The third-order valence-electron chi connectivity index (χ3n) is 5.35. The van der Waals surface area contributed by atoms with Gasteiger partial charge in [0.1, 0.15) is 29.0 Å². The maximum atomic E-state index is 13.0. The zero-order valence-electron chi connectivity index (χ0n) is 18.6. The topological polar surface area (TPSA) is 121 Å². The van der Waals surface area contributed by atoms with Crippen molar-refractivity contribution in [3.05, 3.63) is 84.3 Å². The number of imidazole rings is 1. The second-order valence-corrected chi connectivity index (χ2v) is 7.76. The molecule has 0 bridgehead atoms. The van der Waals surface area contributed by atoms with Crippen molar-refractivity contribution < 1.29 is 22.2 Å². The monoisotopic (exact) mass is 496 g/mol. The van der Waals surface area contributed by atoms with Crippen molar-refractivity contribution in [1.29, 1.82) is 0 Å². The first-order valence-corrected chi connectivity index (χ1v) is 10.6. The van der Waals surface area contributed by atoms with E-state index in [4.69, 9.17) is 0 Å². The lowest BCUT2D eigenvalue weighted by molar-refractivity contribution is -0.141. The number of nitrogens with one attached hydrogen (secondary N) is 3. The minimum Gasteiger partial charge on any atom is -0.341 e. The first-order chi connectivity index (χ1) is 17.3. The molecule has 0 aliphatic carbocycles. The van der Waals surface area contributed by atoms with Crippen LogP contribution in [0.4, 0.5) is 30.4 Å². The molecular formula is C24H23F3N8O. The van der Waals surface area contributed by atoms with E-state index in [1.165, 1.54) is 18.7 Å². The summed E-state index contributed by atoms with van der Waals surface area (Å²) < 4.78 is 38.9. The van der Waals surface area contributed by atoms with E-state index in [9.17, 15) is 18.0 Å². The number of aromatic nitrogens is 6. The fraction of sp³-hybridized carbons (Fsp3) is 0.0833. The highest BCUT2D eigenvalue weighted by molar-refractivity contribution is 6.05. The second kappa shape index (κ2) is 9.06. The van der Waals surface area contributed by atoms with Crippen LogP contribution in [0.2, 0.25) is 0 Å². The quantitative estimate of drug-likeness (QED) is 0.278. The lowest BCUT2D eigenvalue weighted by Gasteiger charge is -2.14. The summed E-state index contributed by atoms with van der Waals surface area (Å²) in [6.45, 7) is 1.85. The molecule has 0 atom stereocenters. The summed E-state index contributed by atoms with van der Waals surface area (Å²) in [4.78, 5) is 36.3. The Balaban J connectivity index is 0.00000178.